The molecular formula is C13H17NO3S. The summed E-state index contributed by atoms with van der Waals surface area (Å²) in [5.74, 6) is 3.05. The number of fused-ring (bicyclic) bond motifs is 1. The van der Waals surface area contributed by atoms with Crippen LogP contribution in [0, 0.1) is 0 Å². The smallest absolute Gasteiger partial charge is 0.161 e. The Labute approximate surface area is 109 Å². The molecule has 3 rings (SSSR count). The van der Waals surface area contributed by atoms with Crippen LogP contribution in [0.1, 0.15) is 18.0 Å². The first kappa shape index (κ1) is 12.0. The predicted molar refractivity (Wildman–Crippen MR) is 70.7 cm³/mol. The van der Waals surface area contributed by atoms with E-state index in [0.29, 0.717) is 19.0 Å². The average molecular weight is 267 g/mol. The third kappa shape index (κ3) is 2.52. The first-order chi connectivity index (χ1) is 8.83. The molecule has 1 aromatic carbocycles. The van der Waals surface area contributed by atoms with Crippen molar-refractivity contribution in [2.45, 2.75) is 12.5 Å². The number of ether oxygens (including phenoxy) is 2. The van der Waals surface area contributed by atoms with Gasteiger partial charge in [0.25, 0.3) is 0 Å². The van der Waals surface area contributed by atoms with E-state index in [1.807, 2.05) is 18.2 Å². The topological polar surface area (TPSA) is 47.6 Å². The molecule has 1 aromatic rings. The van der Waals surface area contributed by atoms with Crippen molar-refractivity contribution in [3.05, 3.63) is 23.8 Å². The Morgan fingerprint density at radius 3 is 2.89 bits per heavy atom. The van der Waals surface area contributed by atoms with Crippen LogP contribution in [0.3, 0.4) is 0 Å². The minimum Gasteiger partial charge on any atom is -0.490 e. The van der Waals surface area contributed by atoms with Gasteiger partial charge in [-0.2, -0.15) is 0 Å². The normalized spacial score (nSPS) is 27.6. The molecule has 2 unspecified atom stereocenters. The molecule has 0 amide bonds. The molecule has 2 heterocycles. The van der Waals surface area contributed by atoms with Crippen molar-refractivity contribution in [3.8, 4) is 11.5 Å². The van der Waals surface area contributed by atoms with Gasteiger partial charge in [0.1, 0.15) is 0 Å². The molecule has 2 aliphatic heterocycles. The van der Waals surface area contributed by atoms with Gasteiger partial charge in [-0.25, -0.2) is 0 Å². The van der Waals surface area contributed by atoms with E-state index in [1.165, 1.54) is 0 Å². The molecule has 1 N–H and O–H groups in total. The zero-order chi connectivity index (χ0) is 12.4. The van der Waals surface area contributed by atoms with Gasteiger partial charge >= 0.3 is 0 Å². The summed E-state index contributed by atoms with van der Waals surface area (Å²) in [4.78, 5) is 0. The fourth-order valence-corrected chi connectivity index (χ4v) is 3.48. The SMILES string of the molecule is O=S1CCNC(c2ccc3c(c2)OCCCO3)C1. The van der Waals surface area contributed by atoms with Crippen LogP contribution in [-0.2, 0) is 10.8 Å². The van der Waals surface area contributed by atoms with Crippen molar-refractivity contribution < 1.29 is 13.7 Å². The van der Waals surface area contributed by atoms with Crippen LogP contribution in [0.4, 0.5) is 0 Å². The van der Waals surface area contributed by atoms with Gasteiger partial charge in [-0.05, 0) is 17.7 Å². The summed E-state index contributed by atoms with van der Waals surface area (Å²) in [7, 11) is -0.710. The van der Waals surface area contributed by atoms with Crippen LogP contribution in [0.25, 0.3) is 0 Å². The monoisotopic (exact) mass is 267 g/mol. The summed E-state index contributed by atoms with van der Waals surface area (Å²) in [6.07, 6.45) is 0.912. The number of hydrogen-bond acceptors (Lipinski definition) is 4. The Hall–Kier alpha value is -1.07. The number of nitrogens with one attached hydrogen (secondary N) is 1. The highest BCUT2D eigenvalue weighted by Gasteiger charge is 2.21. The molecule has 18 heavy (non-hydrogen) atoms. The first-order valence-corrected chi connectivity index (χ1v) is 7.79. The Morgan fingerprint density at radius 2 is 2.06 bits per heavy atom. The maximum absolute atomic E-state index is 11.6. The van der Waals surface area contributed by atoms with Crippen molar-refractivity contribution in [1.29, 1.82) is 0 Å². The number of benzene rings is 1. The summed E-state index contributed by atoms with van der Waals surface area (Å²) in [6.45, 7) is 2.21. The molecule has 1 saturated heterocycles. The predicted octanol–water partition coefficient (Wildman–Crippen LogP) is 1.24. The second kappa shape index (κ2) is 5.28. The molecule has 0 aromatic heterocycles. The van der Waals surface area contributed by atoms with E-state index in [1.54, 1.807) is 0 Å². The summed E-state index contributed by atoms with van der Waals surface area (Å²) < 4.78 is 22.9. The molecule has 0 aliphatic carbocycles. The zero-order valence-electron chi connectivity index (χ0n) is 10.2. The van der Waals surface area contributed by atoms with Gasteiger partial charge in [-0.15, -0.1) is 0 Å². The van der Waals surface area contributed by atoms with E-state index in [4.69, 9.17) is 9.47 Å². The van der Waals surface area contributed by atoms with Crippen molar-refractivity contribution >= 4 is 10.8 Å². The lowest BCUT2D eigenvalue weighted by atomic mass is 10.1. The molecular weight excluding hydrogens is 250 g/mol. The van der Waals surface area contributed by atoms with Crippen molar-refractivity contribution in [3.63, 3.8) is 0 Å². The van der Waals surface area contributed by atoms with Crippen LogP contribution >= 0.6 is 0 Å². The van der Waals surface area contributed by atoms with Gasteiger partial charge in [0.15, 0.2) is 11.5 Å². The Kier molecular flexibility index (Phi) is 3.52. The molecule has 0 spiro atoms. The van der Waals surface area contributed by atoms with Gasteiger partial charge < -0.3 is 14.8 Å². The highest BCUT2D eigenvalue weighted by Crippen LogP contribution is 2.32. The van der Waals surface area contributed by atoms with Crippen LogP contribution in [0.15, 0.2) is 18.2 Å². The van der Waals surface area contributed by atoms with E-state index in [-0.39, 0.29) is 6.04 Å². The lowest BCUT2D eigenvalue weighted by Gasteiger charge is -2.24. The summed E-state index contributed by atoms with van der Waals surface area (Å²) in [6, 6.07) is 6.17. The second-order valence-corrected chi connectivity index (χ2v) is 6.20. The summed E-state index contributed by atoms with van der Waals surface area (Å²) in [5.41, 5.74) is 1.13. The van der Waals surface area contributed by atoms with E-state index in [0.717, 1.165) is 35.8 Å². The molecule has 0 bridgehead atoms. The molecule has 2 atom stereocenters. The van der Waals surface area contributed by atoms with Gasteiger partial charge in [-0.1, -0.05) is 6.07 Å². The largest absolute Gasteiger partial charge is 0.490 e. The van der Waals surface area contributed by atoms with E-state index in [2.05, 4.69) is 5.32 Å². The third-order valence-electron chi connectivity index (χ3n) is 3.25. The van der Waals surface area contributed by atoms with Crippen LogP contribution < -0.4 is 14.8 Å². The third-order valence-corrected chi connectivity index (χ3v) is 4.61. The molecule has 5 heteroatoms. The Balaban J connectivity index is 1.84. The molecule has 2 aliphatic rings. The number of rotatable bonds is 1. The summed E-state index contributed by atoms with van der Waals surface area (Å²) in [5, 5.41) is 3.40. The second-order valence-electron chi connectivity index (χ2n) is 4.57. The standard InChI is InChI=1S/C13H17NO3S/c15-18-7-4-14-11(9-18)10-2-3-12-13(8-10)17-6-1-5-16-12/h2-3,8,11,14H,1,4-7,9H2. The van der Waals surface area contributed by atoms with Gasteiger partial charge in [0, 0.05) is 41.3 Å². The lowest BCUT2D eigenvalue weighted by molar-refractivity contribution is 0.297. The zero-order valence-corrected chi connectivity index (χ0v) is 11.0. The fraction of sp³-hybridized carbons (Fsp3) is 0.538. The van der Waals surface area contributed by atoms with Crippen LogP contribution in [0.2, 0.25) is 0 Å². The van der Waals surface area contributed by atoms with Crippen LogP contribution in [0.5, 0.6) is 11.5 Å². The molecule has 1 fully saturated rings. The molecule has 0 saturated carbocycles. The van der Waals surface area contributed by atoms with E-state index >= 15 is 0 Å². The van der Waals surface area contributed by atoms with Gasteiger partial charge in [0.05, 0.1) is 13.2 Å². The molecule has 0 radical (unpaired) electrons. The minimum absolute atomic E-state index is 0.164. The van der Waals surface area contributed by atoms with Crippen molar-refractivity contribution in [1.82, 2.24) is 5.32 Å². The lowest BCUT2D eigenvalue weighted by Crippen LogP contribution is -2.36. The number of hydrogen-bond donors (Lipinski definition) is 1. The average Bonchev–Trinajstić information content (AvgIpc) is 2.63. The Bertz CT molecular complexity index is 464. The minimum atomic E-state index is -0.710. The maximum atomic E-state index is 11.6. The molecule has 4 nitrogen and oxygen atoms in total. The van der Waals surface area contributed by atoms with Crippen molar-refractivity contribution in [2.24, 2.45) is 0 Å². The Morgan fingerprint density at radius 1 is 1.22 bits per heavy atom. The van der Waals surface area contributed by atoms with Crippen LogP contribution in [-0.4, -0.2) is 35.5 Å². The fourth-order valence-electron chi connectivity index (χ4n) is 2.29. The quantitative estimate of drug-likeness (QED) is 0.831. The highest BCUT2D eigenvalue weighted by molar-refractivity contribution is 7.85. The maximum Gasteiger partial charge on any atom is 0.161 e. The molecule has 98 valence electrons. The van der Waals surface area contributed by atoms with Gasteiger partial charge in [0.2, 0.25) is 0 Å². The summed E-state index contributed by atoms with van der Waals surface area (Å²) >= 11 is 0. The van der Waals surface area contributed by atoms with E-state index in [9.17, 15) is 4.21 Å². The highest BCUT2D eigenvalue weighted by atomic mass is 32.2. The van der Waals surface area contributed by atoms with Gasteiger partial charge in [-0.3, -0.25) is 4.21 Å². The van der Waals surface area contributed by atoms with E-state index < -0.39 is 10.8 Å². The van der Waals surface area contributed by atoms with Crippen molar-refractivity contribution in [2.75, 3.05) is 31.3 Å². The first-order valence-electron chi connectivity index (χ1n) is 6.31.